The maximum absolute atomic E-state index is 3.53. The first-order valence-corrected chi connectivity index (χ1v) is 9.89. The molecule has 1 aliphatic heterocycles. The molecule has 0 aromatic heterocycles. The Morgan fingerprint density at radius 2 is 1.44 bits per heavy atom. The Balaban J connectivity index is 1.54. The molecule has 1 saturated heterocycles. The first-order chi connectivity index (χ1) is 12.0. The molecule has 0 unspecified atom stereocenters. The number of halogens is 1. The Hall–Kier alpha value is -1.42. The number of hydrogen-bond acceptors (Lipinski definition) is 0. The molecular weight excluding hydrogens is 372 g/mol. The summed E-state index contributed by atoms with van der Waals surface area (Å²) >= 11 is 3.53. The molecule has 2 aromatic carbocycles. The van der Waals surface area contributed by atoms with E-state index in [0.717, 1.165) is 26.5 Å². The predicted octanol–water partition coefficient (Wildman–Crippen LogP) is 4.57. The van der Waals surface area contributed by atoms with Gasteiger partial charge in [-0.2, -0.15) is 0 Å². The number of piperazine rings is 1. The average Bonchev–Trinajstić information content (AvgIpc) is 2.61. The van der Waals surface area contributed by atoms with Crippen LogP contribution in [-0.2, 0) is 6.54 Å². The quantitative estimate of drug-likeness (QED) is 0.644. The normalized spacial score (nSPS) is 26.8. The molecule has 1 fully saturated rings. The first-order valence-electron chi connectivity index (χ1n) is 9.10. The fourth-order valence-corrected chi connectivity index (χ4v) is 3.83. The van der Waals surface area contributed by atoms with Crippen molar-refractivity contribution >= 4 is 22.0 Å². The van der Waals surface area contributed by atoms with Gasteiger partial charge in [0.15, 0.2) is 0 Å². The molecule has 0 spiro atoms. The van der Waals surface area contributed by atoms with Gasteiger partial charge in [0.2, 0.25) is 0 Å². The molecule has 0 N–H and O–H groups in total. The van der Waals surface area contributed by atoms with Crippen molar-refractivity contribution in [3.63, 3.8) is 0 Å². The largest absolute Gasteiger partial charge is 0.313 e. The van der Waals surface area contributed by atoms with Crippen LogP contribution in [0.25, 0.3) is 6.08 Å². The highest BCUT2D eigenvalue weighted by Gasteiger charge is 2.36. The molecule has 132 valence electrons. The molecule has 0 radical (unpaired) electrons. The molecule has 2 nitrogen and oxygen atoms in total. The van der Waals surface area contributed by atoms with Gasteiger partial charge in [-0.15, -0.1) is 0 Å². The first kappa shape index (κ1) is 18.4. The Morgan fingerprint density at radius 3 is 2.08 bits per heavy atom. The third-order valence-electron chi connectivity index (χ3n) is 5.49. The molecular formula is C22H29BrN2+2. The van der Waals surface area contributed by atoms with Crippen molar-refractivity contribution in [1.29, 1.82) is 0 Å². The van der Waals surface area contributed by atoms with Gasteiger partial charge in [-0.05, 0) is 23.8 Å². The number of hydrogen-bond donors (Lipinski definition) is 0. The van der Waals surface area contributed by atoms with Gasteiger partial charge in [-0.1, -0.05) is 64.5 Å². The topological polar surface area (TPSA) is 0 Å². The summed E-state index contributed by atoms with van der Waals surface area (Å²) < 4.78 is 3.46. The van der Waals surface area contributed by atoms with Crippen LogP contribution < -0.4 is 0 Å². The Morgan fingerprint density at radius 1 is 0.840 bits per heavy atom. The van der Waals surface area contributed by atoms with Crippen LogP contribution in [0, 0.1) is 0 Å². The summed E-state index contributed by atoms with van der Waals surface area (Å²) in [5.74, 6) is 0. The zero-order valence-electron chi connectivity index (χ0n) is 15.4. The molecule has 0 atom stereocenters. The zero-order valence-corrected chi connectivity index (χ0v) is 17.0. The Labute approximate surface area is 160 Å². The summed E-state index contributed by atoms with van der Waals surface area (Å²) in [6.07, 6.45) is 4.60. The van der Waals surface area contributed by atoms with E-state index in [4.69, 9.17) is 0 Å². The van der Waals surface area contributed by atoms with Crippen LogP contribution in [0.4, 0.5) is 0 Å². The molecule has 3 heteroatoms. The molecule has 3 rings (SSSR count). The molecule has 0 saturated carbocycles. The fourth-order valence-electron chi connectivity index (χ4n) is 3.57. The lowest BCUT2D eigenvalue weighted by atomic mass is 10.1. The van der Waals surface area contributed by atoms with Crippen LogP contribution in [-0.4, -0.2) is 55.8 Å². The predicted molar refractivity (Wildman–Crippen MR) is 110 cm³/mol. The van der Waals surface area contributed by atoms with E-state index in [1.54, 1.807) is 0 Å². The highest BCUT2D eigenvalue weighted by Crippen LogP contribution is 2.21. The van der Waals surface area contributed by atoms with Crippen LogP contribution in [0.3, 0.4) is 0 Å². The summed E-state index contributed by atoms with van der Waals surface area (Å²) in [5.41, 5.74) is 2.73. The third kappa shape index (κ3) is 5.27. The van der Waals surface area contributed by atoms with Gasteiger partial charge in [0.25, 0.3) is 0 Å². The second-order valence-electron chi connectivity index (χ2n) is 7.91. The van der Waals surface area contributed by atoms with E-state index in [1.807, 2.05) is 0 Å². The molecule has 1 aliphatic rings. The number of nitrogens with zero attached hydrogens (tertiary/aromatic N) is 2. The van der Waals surface area contributed by atoms with E-state index in [0.29, 0.717) is 0 Å². The molecule has 0 aliphatic carbocycles. The van der Waals surface area contributed by atoms with E-state index in [9.17, 15) is 0 Å². The van der Waals surface area contributed by atoms with Crippen LogP contribution in [0.2, 0.25) is 0 Å². The lowest BCUT2D eigenvalue weighted by Crippen LogP contribution is -2.63. The van der Waals surface area contributed by atoms with Gasteiger partial charge in [0.1, 0.15) is 32.7 Å². The third-order valence-corrected chi connectivity index (χ3v) is 6.02. The van der Waals surface area contributed by atoms with E-state index in [2.05, 4.69) is 96.8 Å². The summed E-state index contributed by atoms with van der Waals surface area (Å²) in [6.45, 7) is 7.22. The van der Waals surface area contributed by atoms with Gasteiger partial charge in [-0.3, -0.25) is 0 Å². The molecule has 0 bridgehead atoms. The van der Waals surface area contributed by atoms with E-state index >= 15 is 0 Å². The highest BCUT2D eigenvalue weighted by atomic mass is 79.9. The highest BCUT2D eigenvalue weighted by molar-refractivity contribution is 9.10. The van der Waals surface area contributed by atoms with Gasteiger partial charge in [-0.25, -0.2) is 0 Å². The van der Waals surface area contributed by atoms with Gasteiger partial charge in [0, 0.05) is 10.0 Å². The summed E-state index contributed by atoms with van der Waals surface area (Å²) in [5, 5.41) is 0. The van der Waals surface area contributed by atoms with Crippen LogP contribution >= 0.6 is 15.9 Å². The smallest absolute Gasteiger partial charge is 0.129 e. The van der Waals surface area contributed by atoms with Crippen LogP contribution in [0.1, 0.15) is 11.1 Å². The molecule has 25 heavy (non-hydrogen) atoms. The summed E-state index contributed by atoms with van der Waals surface area (Å²) in [6, 6.07) is 19.4. The van der Waals surface area contributed by atoms with Crippen LogP contribution in [0.5, 0.6) is 0 Å². The number of likely N-dealkylation sites (N-methyl/N-ethyl adjacent to an activating group) is 2. The Kier molecular flexibility index (Phi) is 5.78. The Bertz CT molecular complexity index is 699. The second-order valence-corrected chi connectivity index (χ2v) is 8.83. The van der Waals surface area contributed by atoms with Crippen molar-refractivity contribution in [2.24, 2.45) is 0 Å². The van der Waals surface area contributed by atoms with E-state index < -0.39 is 0 Å². The van der Waals surface area contributed by atoms with Crippen molar-refractivity contribution in [2.45, 2.75) is 6.54 Å². The molecule has 0 amide bonds. The fraction of sp³-hybridized carbons (Fsp3) is 0.364. The lowest BCUT2D eigenvalue weighted by Gasteiger charge is -2.46. The minimum atomic E-state index is 1.12. The summed E-state index contributed by atoms with van der Waals surface area (Å²) in [4.78, 5) is 0. The molecule has 1 heterocycles. The minimum Gasteiger partial charge on any atom is -0.313 e. The van der Waals surface area contributed by atoms with Gasteiger partial charge in [0.05, 0.1) is 20.6 Å². The maximum Gasteiger partial charge on any atom is 0.129 e. The second kappa shape index (κ2) is 7.86. The van der Waals surface area contributed by atoms with Crippen molar-refractivity contribution in [2.75, 3.05) is 46.8 Å². The van der Waals surface area contributed by atoms with E-state index in [-0.39, 0.29) is 0 Å². The van der Waals surface area contributed by atoms with E-state index in [1.165, 1.54) is 37.3 Å². The number of quaternary nitrogens is 2. The van der Waals surface area contributed by atoms with Crippen molar-refractivity contribution in [3.05, 3.63) is 76.3 Å². The average molecular weight is 401 g/mol. The van der Waals surface area contributed by atoms with Crippen molar-refractivity contribution in [1.82, 2.24) is 0 Å². The monoisotopic (exact) mass is 400 g/mol. The number of rotatable bonds is 5. The molecule has 2 aromatic rings. The minimum absolute atomic E-state index is 1.12. The van der Waals surface area contributed by atoms with Crippen molar-refractivity contribution in [3.8, 4) is 0 Å². The van der Waals surface area contributed by atoms with Gasteiger partial charge < -0.3 is 8.97 Å². The number of benzene rings is 2. The maximum atomic E-state index is 3.53. The standard InChI is InChI=1S/C22H29BrN2/c1-24(14-6-9-20-7-4-3-5-8-20)15-17-25(2,18-16-24)19-21-10-12-22(23)13-11-21/h3-13H,14-19H2,1-2H3/q+2/b9-6+. The van der Waals surface area contributed by atoms with Crippen LogP contribution in [0.15, 0.2) is 65.1 Å². The SMILES string of the molecule is C[N+]1(C/C=C/c2ccccc2)CC[N+](C)(Cc2ccc(Br)cc2)CC1. The lowest BCUT2D eigenvalue weighted by molar-refractivity contribution is -1.02. The van der Waals surface area contributed by atoms with Gasteiger partial charge >= 0.3 is 0 Å². The zero-order chi connectivity index (χ0) is 17.8. The van der Waals surface area contributed by atoms with Crippen molar-refractivity contribution < 1.29 is 8.97 Å². The summed E-state index contributed by atoms with van der Waals surface area (Å²) in [7, 11) is 4.81.